The zero-order valence-electron chi connectivity index (χ0n) is 23.7. The van der Waals surface area contributed by atoms with Gasteiger partial charge < -0.3 is 25.6 Å². The summed E-state index contributed by atoms with van der Waals surface area (Å²) in [4.78, 5) is 30.0. The molecule has 1 saturated carbocycles. The number of primary amides is 1. The molecule has 1 fully saturated rings. The van der Waals surface area contributed by atoms with Gasteiger partial charge in [0.1, 0.15) is 34.1 Å². The summed E-state index contributed by atoms with van der Waals surface area (Å²) < 4.78 is 53.1. The van der Waals surface area contributed by atoms with Crippen LogP contribution in [0.3, 0.4) is 0 Å². The Balaban J connectivity index is 1.55. The Bertz CT molecular complexity index is 1750. The SMILES string of the molecule is CCOc1c(CC(N)=O)cc([C@@](O)(CNC(=O)c2cc(OC)c3nn(C(F)F)cc3c2)C2CC2)nc1-c1cc(Cl)ccc1F. The highest BCUT2D eigenvalue weighted by Crippen LogP contribution is 2.47. The first-order valence-corrected chi connectivity index (χ1v) is 14.1. The number of benzene rings is 2. The van der Waals surface area contributed by atoms with E-state index in [1.54, 1.807) is 6.92 Å². The molecule has 2 aromatic heterocycles. The number of methoxy groups -OCH3 is 1. The van der Waals surface area contributed by atoms with Crippen molar-refractivity contribution < 1.29 is 37.3 Å². The Labute approximate surface area is 254 Å². The number of nitrogens with two attached hydrogens (primary N) is 1. The Morgan fingerprint density at radius 2 is 2.00 bits per heavy atom. The van der Waals surface area contributed by atoms with E-state index < -0.39 is 29.8 Å². The van der Waals surface area contributed by atoms with Gasteiger partial charge in [-0.1, -0.05) is 11.6 Å². The summed E-state index contributed by atoms with van der Waals surface area (Å²) >= 11 is 6.17. The predicted molar refractivity (Wildman–Crippen MR) is 155 cm³/mol. The second-order valence-corrected chi connectivity index (χ2v) is 10.9. The van der Waals surface area contributed by atoms with Gasteiger partial charge in [-0.3, -0.25) is 9.59 Å². The van der Waals surface area contributed by atoms with Crippen LogP contribution in [0.25, 0.3) is 22.2 Å². The summed E-state index contributed by atoms with van der Waals surface area (Å²) in [6.45, 7) is -1.33. The van der Waals surface area contributed by atoms with Gasteiger partial charge in [-0.15, -0.1) is 0 Å². The second-order valence-electron chi connectivity index (χ2n) is 10.4. The molecule has 10 nitrogen and oxygen atoms in total. The number of pyridine rings is 1. The van der Waals surface area contributed by atoms with Gasteiger partial charge in [0, 0.05) is 33.3 Å². The second kappa shape index (κ2) is 12.3. The number of aromatic nitrogens is 3. The van der Waals surface area contributed by atoms with Crippen molar-refractivity contribution in [2.45, 2.75) is 38.3 Å². The first-order chi connectivity index (χ1) is 20.9. The van der Waals surface area contributed by atoms with Crippen molar-refractivity contribution in [2.75, 3.05) is 20.3 Å². The molecule has 1 aliphatic carbocycles. The van der Waals surface area contributed by atoms with Crippen LogP contribution < -0.4 is 20.5 Å². The van der Waals surface area contributed by atoms with Gasteiger partial charge in [0.05, 0.1) is 32.4 Å². The van der Waals surface area contributed by atoms with Crippen molar-refractivity contribution in [3.05, 3.63) is 70.3 Å². The molecule has 232 valence electrons. The Kier molecular flexibility index (Phi) is 8.71. The lowest BCUT2D eigenvalue weighted by molar-refractivity contribution is -0.117. The number of hydrogen-bond acceptors (Lipinski definition) is 7. The maximum atomic E-state index is 15.1. The lowest BCUT2D eigenvalue weighted by Gasteiger charge is -2.30. The number of amides is 2. The molecule has 0 radical (unpaired) electrons. The molecule has 0 unspecified atom stereocenters. The molecule has 14 heteroatoms. The fourth-order valence-corrected chi connectivity index (χ4v) is 5.30. The predicted octanol–water partition coefficient (Wildman–Crippen LogP) is 4.75. The molecule has 2 aromatic carbocycles. The summed E-state index contributed by atoms with van der Waals surface area (Å²) in [5.41, 5.74) is 4.35. The minimum atomic E-state index is -2.88. The zero-order valence-corrected chi connectivity index (χ0v) is 24.5. The summed E-state index contributed by atoms with van der Waals surface area (Å²) in [5, 5.41) is 19.1. The quantitative estimate of drug-likeness (QED) is 0.205. The average Bonchev–Trinajstić information content (AvgIpc) is 3.75. The Morgan fingerprint density at radius 3 is 2.64 bits per heavy atom. The smallest absolute Gasteiger partial charge is 0.333 e. The zero-order chi connectivity index (χ0) is 31.8. The van der Waals surface area contributed by atoms with E-state index in [1.807, 2.05) is 0 Å². The first-order valence-electron chi connectivity index (χ1n) is 13.7. The lowest BCUT2D eigenvalue weighted by Crippen LogP contribution is -2.43. The number of fused-ring (bicyclic) bond motifs is 1. The average molecular weight is 632 g/mol. The van der Waals surface area contributed by atoms with Crippen LogP contribution in [0.4, 0.5) is 13.2 Å². The van der Waals surface area contributed by atoms with Crippen LogP contribution in [-0.4, -0.2) is 51.9 Å². The maximum absolute atomic E-state index is 15.1. The van der Waals surface area contributed by atoms with Crippen molar-refractivity contribution in [1.29, 1.82) is 0 Å². The molecule has 44 heavy (non-hydrogen) atoms. The molecule has 5 rings (SSSR count). The molecule has 0 bridgehead atoms. The number of rotatable bonds is 12. The number of alkyl halides is 2. The van der Waals surface area contributed by atoms with Gasteiger partial charge in [0.15, 0.2) is 0 Å². The molecule has 4 N–H and O–H groups in total. The van der Waals surface area contributed by atoms with Crippen LogP contribution in [-0.2, 0) is 16.8 Å². The third kappa shape index (κ3) is 6.15. The van der Waals surface area contributed by atoms with Crippen molar-refractivity contribution in [2.24, 2.45) is 11.7 Å². The third-order valence-electron chi connectivity index (χ3n) is 7.37. The third-order valence-corrected chi connectivity index (χ3v) is 7.61. The number of aliphatic hydroxyl groups is 1. The van der Waals surface area contributed by atoms with E-state index in [0.29, 0.717) is 17.5 Å². The van der Waals surface area contributed by atoms with Crippen molar-refractivity contribution in [3.8, 4) is 22.8 Å². The van der Waals surface area contributed by atoms with E-state index in [2.05, 4.69) is 15.4 Å². The van der Waals surface area contributed by atoms with Crippen molar-refractivity contribution in [3.63, 3.8) is 0 Å². The highest BCUT2D eigenvalue weighted by molar-refractivity contribution is 6.30. The van der Waals surface area contributed by atoms with E-state index in [4.69, 9.17) is 26.8 Å². The van der Waals surface area contributed by atoms with Gasteiger partial charge >= 0.3 is 6.55 Å². The fraction of sp³-hybridized carbons (Fsp3) is 0.333. The highest BCUT2D eigenvalue weighted by atomic mass is 35.5. The monoisotopic (exact) mass is 631 g/mol. The molecule has 0 aliphatic heterocycles. The molecule has 0 spiro atoms. The van der Waals surface area contributed by atoms with Crippen molar-refractivity contribution in [1.82, 2.24) is 20.1 Å². The van der Waals surface area contributed by atoms with Gasteiger partial charge in [-0.05, 0) is 62.1 Å². The molecule has 2 amide bonds. The van der Waals surface area contributed by atoms with Crippen LogP contribution in [0.2, 0.25) is 5.02 Å². The standard InChI is InChI=1S/C30H29ClF3N5O5/c1-3-44-27-15(11-24(35)40)10-23(37-26(27)20-12-19(31)6-7-21(20)32)30(42,18-4-5-18)14-36-28(41)16-8-17-13-39(29(33)34)38-25(17)22(9-16)43-2/h6-10,12-13,18,29,42H,3-5,11,14H2,1-2H3,(H2,35,40)(H,36,41)/t30-/m1/s1. The van der Waals surface area contributed by atoms with Crippen LogP contribution in [0.15, 0.2) is 42.6 Å². The normalized spacial score (nSPS) is 14.5. The van der Waals surface area contributed by atoms with E-state index in [0.717, 1.165) is 6.20 Å². The van der Waals surface area contributed by atoms with Crippen LogP contribution >= 0.6 is 11.6 Å². The van der Waals surface area contributed by atoms with Gasteiger partial charge in [-0.2, -0.15) is 13.9 Å². The number of carbonyl (C=O) groups excluding carboxylic acids is 2. The molecule has 0 saturated heterocycles. The number of ether oxygens (including phenoxy) is 2. The maximum Gasteiger partial charge on any atom is 0.333 e. The van der Waals surface area contributed by atoms with E-state index in [1.165, 1.54) is 43.5 Å². The van der Waals surface area contributed by atoms with Gasteiger partial charge in [0.25, 0.3) is 5.91 Å². The number of nitrogens with one attached hydrogen (secondary N) is 1. The van der Waals surface area contributed by atoms with Crippen molar-refractivity contribution >= 4 is 34.3 Å². The van der Waals surface area contributed by atoms with E-state index in [-0.39, 0.29) is 81.0 Å². The van der Waals surface area contributed by atoms with Gasteiger partial charge in [0.2, 0.25) is 5.91 Å². The largest absolute Gasteiger partial charge is 0.494 e. The number of halogens is 4. The Morgan fingerprint density at radius 1 is 1.25 bits per heavy atom. The molecular weight excluding hydrogens is 603 g/mol. The molecule has 4 aromatic rings. The first kappa shape index (κ1) is 31.1. The van der Waals surface area contributed by atoms with Crippen LogP contribution in [0, 0.1) is 11.7 Å². The number of hydrogen-bond donors (Lipinski definition) is 3. The van der Waals surface area contributed by atoms with Crippen LogP contribution in [0.5, 0.6) is 11.5 Å². The minimum absolute atomic E-state index is 0.0113. The highest BCUT2D eigenvalue weighted by Gasteiger charge is 2.47. The van der Waals surface area contributed by atoms with Gasteiger partial charge in [-0.25, -0.2) is 14.1 Å². The summed E-state index contributed by atoms with van der Waals surface area (Å²) in [6.07, 6.45) is 2.03. The molecule has 1 aliphatic rings. The number of carbonyl (C=O) groups is 2. The Hall–Kier alpha value is -4.36. The summed E-state index contributed by atoms with van der Waals surface area (Å²) in [5.74, 6) is -2.08. The lowest BCUT2D eigenvalue weighted by atomic mass is 9.90. The topological polar surface area (TPSA) is 142 Å². The molecule has 2 heterocycles. The minimum Gasteiger partial charge on any atom is -0.494 e. The summed E-state index contributed by atoms with van der Waals surface area (Å²) in [7, 11) is 1.32. The van der Waals surface area contributed by atoms with Crippen LogP contribution in [0.1, 0.15) is 47.9 Å². The van der Waals surface area contributed by atoms with E-state index >= 15 is 4.39 Å². The summed E-state index contributed by atoms with van der Waals surface area (Å²) in [6, 6.07) is 8.11. The fourth-order valence-electron chi connectivity index (χ4n) is 5.12. The molecule has 1 atom stereocenters. The van der Waals surface area contributed by atoms with E-state index in [9.17, 15) is 23.5 Å². The molecular formula is C30H29ClF3N5O5. The number of nitrogens with zero attached hydrogens (tertiary/aromatic N) is 3.